The number of hydrogen-bond donors (Lipinski definition) is 1. The van der Waals surface area contributed by atoms with E-state index in [1.165, 1.54) is 31.7 Å². The third-order valence-corrected chi connectivity index (χ3v) is 4.10. The molecule has 2 nitrogen and oxygen atoms in total. The molecule has 0 heterocycles. The van der Waals surface area contributed by atoms with Crippen molar-refractivity contribution in [3.8, 4) is 5.75 Å². The van der Waals surface area contributed by atoms with Crippen molar-refractivity contribution in [2.24, 2.45) is 5.92 Å². The first-order valence-electron chi connectivity index (χ1n) is 7.87. The molecule has 1 N–H and O–H groups in total. The highest BCUT2D eigenvalue weighted by Gasteiger charge is 2.19. The molecule has 3 heteroatoms. The summed E-state index contributed by atoms with van der Waals surface area (Å²) in [6.07, 6.45) is 6.14. The first kappa shape index (κ1) is 15.3. The first-order chi connectivity index (χ1) is 9.72. The van der Waals surface area contributed by atoms with Gasteiger partial charge in [-0.15, -0.1) is 0 Å². The van der Waals surface area contributed by atoms with Crippen LogP contribution in [-0.2, 0) is 0 Å². The summed E-state index contributed by atoms with van der Waals surface area (Å²) in [6.45, 7) is 5.71. The predicted octanol–water partition coefficient (Wildman–Crippen LogP) is 4.46. The van der Waals surface area contributed by atoms with Crippen LogP contribution in [0.2, 0.25) is 0 Å². The third kappa shape index (κ3) is 3.95. The molecule has 0 amide bonds. The van der Waals surface area contributed by atoms with Gasteiger partial charge in [0.15, 0.2) is 0 Å². The summed E-state index contributed by atoms with van der Waals surface area (Å²) in [7, 11) is 0. The molecule has 1 aromatic carbocycles. The highest BCUT2D eigenvalue weighted by Crippen LogP contribution is 2.30. The fraction of sp³-hybridized carbons (Fsp3) is 0.647. The lowest BCUT2D eigenvalue weighted by Gasteiger charge is -2.20. The van der Waals surface area contributed by atoms with Gasteiger partial charge in [0.2, 0.25) is 0 Å². The average molecular weight is 279 g/mol. The number of hydrogen-bond acceptors (Lipinski definition) is 2. The largest absolute Gasteiger partial charge is 0.493 e. The van der Waals surface area contributed by atoms with Gasteiger partial charge in [0.05, 0.1) is 6.61 Å². The van der Waals surface area contributed by atoms with E-state index in [-0.39, 0.29) is 11.9 Å². The predicted molar refractivity (Wildman–Crippen MR) is 80.6 cm³/mol. The lowest BCUT2D eigenvalue weighted by atomic mass is 10.1. The Morgan fingerprint density at radius 2 is 2.10 bits per heavy atom. The normalized spacial score (nSPS) is 17.4. The van der Waals surface area contributed by atoms with E-state index in [2.05, 4.69) is 12.2 Å². The number of benzene rings is 1. The van der Waals surface area contributed by atoms with E-state index < -0.39 is 0 Å². The van der Waals surface area contributed by atoms with Gasteiger partial charge in [0, 0.05) is 11.6 Å². The van der Waals surface area contributed by atoms with Crippen molar-refractivity contribution in [2.75, 3.05) is 13.2 Å². The molecule has 112 valence electrons. The molecule has 1 unspecified atom stereocenters. The number of ether oxygens (including phenoxy) is 1. The van der Waals surface area contributed by atoms with E-state index in [4.69, 9.17) is 4.74 Å². The second-order valence-electron chi connectivity index (χ2n) is 5.79. The van der Waals surface area contributed by atoms with Crippen LogP contribution >= 0.6 is 0 Å². The standard InChI is InChI=1S/C17H26FNO/c1-3-11-19-13(2)17-15(18)9-6-10-16(17)20-12-14-7-4-5-8-14/h6,9-10,13-14,19H,3-5,7-8,11-12H2,1-2H3. The van der Waals surface area contributed by atoms with Crippen molar-refractivity contribution in [2.45, 2.75) is 52.0 Å². The van der Waals surface area contributed by atoms with Crippen molar-refractivity contribution in [1.82, 2.24) is 5.32 Å². The van der Waals surface area contributed by atoms with E-state index in [1.807, 2.05) is 13.0 Å². The lowest BCUT2D eigenvalue weighted by Crippen LogP contribution is -2.21. The molecular formula is C17H26FNO. The van der Waals surface area contributed by atoms with Crippen molar-refractivity contribution < 1.29 is 9.13 Å². The van der Waals surface area contributed by atoms with Crippen LogP contribution in [0.1, 0.15) is 57.6 Å². The summed E-state index contributed by atoms with van der Waals surface area (Å²) in [4.78, 5) is 0. The SMILES string of the molecule is CCCNC(C)c1c(F)cccc1OCC1CCCC1. The Bertz CT molecular complexity index is 415. The fourth-order valence-electron chi connectivity index (χ4n) is 2.91. The van der Waals surface area contributed by atoms with Gasteiger partial charge in [0.1, 0.15) is 11.6 Å². The van der Waals surface area contributed by atoms with Crippen LogP contribution in [0.4, 0.5) is 4.39 Å². The van der Waals surface area contributed by atoms with Crippen LogP contribution in [0.15, 0.2) is 18.2 Å². The molecule has 1 saturated carbocycles. The zero-order valence-corrected chi connectivity index (χ0v) is 12.6. The van der Waals surface area contributed by atoms with Gasteiger partial charge >= 0.3 is 0 Å². The molecule has 1 aromatic rings. The minimum absolute atomic E-state index is 0.0188. The van der Waals surface area contributed by atoms with Gasteiger partial charge in [-0.05, 0) is 50.8 Å². The maximum absolute atomic E-state index is 14.1. The summed E-state index contributed by atoms with van der Waals surface area (Å²) in [6, 6.07) is 5.11. The van der Waals surface area contributed by atoms with Crippen molar-refractivity contribution in [1.29, 1.82) is 0 Å². The number of halogens is 1. The summed E-state index contributed by atoms with van der Waals surface area (Å²) in [5, 5.41) is 3.34. The van der Waals surface area contributed by atoms with Crippen LogP contribution in [0.3, 0.4) is 0 Å². The van der Waals surface area contributed by atoms with Crippen LogP contribution in [0, 0.1) is 11.7 Å². The fourth-order valence-corrected chi connectivity index (χ4v) is 2.91. The summed E-state index contributed by atoms with van der Waals surface area (Å²) >= 11 is 0. The second-order valence-corrected chi connectivity index (χ2v) is 5.79. The Morgan fingerprint density at radius 1 is 1.35 bits per heavy atom. The Labute approximate surface area is 121 Å². The molecule has 0 aromatic heterocycles. The summed E-state index contributed by atoms with van der Waals surface area (Å²) in [5.74, 6) is 1.17. The maximum Gasteiger partial charge on any atom is 0.131 e. The Kier molecular flexibility index (Phi) is 5.84. The molecule has 20 heavy (non-hydrogen) atoms. The monoisotopic (exact) mass is 279 g/mol. The molecule has 0 radical (unpaired) electrons. The maximum atomic E-state index is 14.1. The van der Waals surface area contributed by atoms with E-state index in [9.17, 15) is 4.39 Å². The van der Waals surface area contributed by atoms with Crippen molar-refractivity contribution in [3.63, 3.8) is 0 Å². The highest BCUT2D eigenvalue weighted by molar-refractivity contribution is 5.37. The Balaban J connectivity index is 2.04. The van der Waals surface area contributed by atoms with E-state index in [0.717, 1.165) is 19.6 Å². The topological polar surface area (TPSA) is 21.3 Å². The Morgan fingerprint density at radius 3 is 2.80 bits per heavy atom. The first-order valence-corrected chi connectivity index (χ1v) is 7.87. The van der Waals surface area contributed by atoms with Gasteiger partial charge in [0.25, 0.3) is 0 Å². The zero-order chi connectivity index (χ0) is 14.4. The molecule has 0 spiro atoms. The van der Waals surface area contributed by atoms with E-state index in [0.29, 0.717) is 17.2 Å². The summed E-state index contributed by atoms with van der Waals surface area (Å²) in [5.41, 5.74) is 0.666. The van der Waals surface area contributed by atoms with Crippen LogP contribution in [-0.4, -0.2) is 13.2 Å². The minimum Gasteiger partial charge on any atom is -0.493 e. The lowest BCUT2D eigenvalue weighted by molar-refractivity contribution is 0.246. The van der Waals surface area contributed by atoms with Crippen LogP contribution < -0.4 is 10.1 Å². The molecule has 1 aliphatic rings. The zero-order valence-electron chi connectivity index (χ0n) is 12.6. The molecular weight excluding hydrogens is 253 g/mol. The minimum atomic E-state index is -0.176. The van der Waals surface area contributed by atoms with Crippen molar-refractivity contribution >= 4 is 0 Å². The average Bonchev–Trinajstić information content (AvgIpc) is 2.95. The molecule has 0 bridgehead atoms. The number of rotatable bonds is 7. The summed E-state index contributed by atoms with van der Waals surface area (Å²) < 4.78 is 20.0. The van der Waals surface area contributed by atoms with Crippen LogP contribution in [0.5, 0.6) is 5.75 Å². The van der Waals surface area contributed by atoms with Gasteiger partial charge in [-0.3, -0.25) is 0 Å². The van der Waals surface area contributed by atoms with Gasteiger partial charge < -0.3 is 10.1 Å². The van der Waals surface area contributed by atoms with E-state index in [1.54, 1.807) is 6.07 Å². The molecule has 1 aliphatic carbocycles. The number of nitrogens with one attached hydrogen (secondary N) is 1. The molecule has 2 rings (SSSR count). The third-order valence-electron chi connectivity index (χ3n) is 4.10. The van der Waals surface area contributed by atoms with Gasteiger partial charge in [-0.25, -0.2) is 4.39 Å². The molecule has 1 atom stereocenters. The van der Waals surface area contributed by atoms with E-state index >= 15 is 0 Å². The van der Waals surface area contributed by atoms with Crippen molar-refractivity contribution in [3.05, 3.63) is 29.6 Å². The van der Waals surface area contributed by atoms with Gasteiger partial charge in [-0.1, -0.05) is 25.8 Å². The smallest absolute Gasteiger partial charge is 0.131 e. The molecule has 0 saturated heterocycles. The quantitative estimate of drug-likeness (QED) is 0.796. The Hall–Kier alpha value is -1.09. The molecule has 0 aliphatic heterocycles. The highest BCUT2D eigenvalue weighted by atomic mass is 19.1. The second kappa shape index (κ2) is 7.63. The van der Waals surface area contributed by atoms with Gasteiger partial charge in [-0.2, -0.15) is 0 Å². The molecule has 1 fully saturated rings. The van der Waals surface area contributed by atoms with Crippen LogP contribution in [0.25, 0.3) is 0 Å².